The molecule has 2 aliphatic heterocycles. The van der Waals surface area contributed by atoms with E-state index in [1.54, 1.807) is 34.8 Å². The molecule has 1 unspecified atom stereocenters. The lowest BCUT2D eigenvalue weighted by molar-refractivity contribution is -0.138. The lowest BCUT2D eigenvalue weighted by Crippen LogP contribution is -2.55. The number of nitrogens with two attached hydrogens (primary N) is 1. The number of piperidine rings is 1. The maximum Gasteiger partial charge on any atom is 0.419 e. The third kappa shape index (κ3) is 5.26. The topological polar surface area (TPSA) is 126 Å². The van der Waals surface area contributed by atoms with Gasteiger partial charge in [0.05, 0.1) is 24.2 Å². The number of hydrogen-bond donors (Lipinski definition) is 1. The Morgan fingerprint density at radius 1 is 1.11 bits per heavy atom. The van der Waals surface area contributed by atoms with E-state index in [1.165, 1.54) is 0 Å². The van der Waals surface area contributed by atoms with Gasteiger partial charge in [-0.25, -0.2) is 14.6 Å². The molecule has 2 saturated heterocycles. The van der Waals surface area contributed by atoms with E-state index in [2.05, 4.69) is 25.2 Å². The molecule has 4 heterocycles. The summed E-state index contributed by atoms with van der Waals surface area (Å²) >= 11 is 0. The molecular formula is C24H28F3N9O2. The average molecular weight is 532 g/mol. The zero-order valence-electron chi connectivity index (χ0n) is 20.8. The number of likely N-dealkylation sites (tertiary alicyclic amines) is 1. The molecular weight excluding hydrogens is 503 g/mol. The molecule has 11 nitrogen and oxygen atoms in total. The summed E-state index contributed by atoms with van der Waals surface area (Å²) in [6.45, 7) is 2.72. The highest BCUT2D eigenvalue weighted by molar-refractivity contribution is 5.96. The zero-order valence-corrected chi connectivity index (χ0v) is 20.8. The molecule has 2 aliphatic rings. The number of likely N-dealkylation sites (N-methyl/N-ethyl adjacent to an activating group) is 1. The van der Waals surface area contributed by atoms with E-state index in [1.807, 2.05) is 4.90 Å². The zero-order chi connectivity index (χ0) is 27.0. The van der Waals surface area contributed by atoms with Gasteiger partial charge in [-0.2, -0.15) is 13.2 Å². The van der Waals surface area contributed by atoms with Gasteiger partial charge in [0.1, 0.15) is 5.52 Å². The van der Waals surface area contributed by atoms with E-state index in [9.17, 15) is 22.8 Å². The molecule has 0 radical (unpaired) electrons. The van der Waals surface area contributed by atoms with E-state index in [0.717, 1.165) is 30.9 Å². The van der Waals surface area contributed by atoms with Gasteiger partial charge in [0.15, 0.2) is 0 Å². The minimum absolute atomic E-state index is 0.0124. The number of nitrogens with zero attached hydrogens (tertiary/aromatic N) is 8. The molecule has 2 aromatic heterocycles. The van der Waals surface area contributed by atoms with Crippen LogP contribution in [0.25, 0.3) is 11.0 Å². The van der Waals surface area contributed by atoms with Crippen LogP contribution in [0.4, 0.5) is 19.1 Å². The molecule has 1 atom stereocenters. The van der Waals surface area contributed by atoms with Crippen molar-refractivity contribution in [2.75, 3.05) is 38.1 Å². The number of primary amides is 1. The van der Waals surface area contributed by atoms with E-state index < -0.39 is 17.6 Å². The van der Waals surface area contributed by atoms with Crippen LogP contribution in [0.3, 0.4) is 0 Å². The van der Waals surface area contributed by atoms with Crippen LogP contribution in [0, 0.1) is 0 Å². The number of carbonyl (C=O) groups excluding carboxylic acids is 2. The number of hydrogen-bond acceptors (Lipinski definition) is 8. The van der Waals surface area contributed by atoms with Crippen LogP contribution in [0.5, 0.6) is 0 Å². The first kappa shape index (κ1) is 25.8. The number of aromatic nitrogens is 5. The van der Waals surface area contributed by atoms with Crippen LogP contribution in [-0.4, -0.2) is 91.9 Å². The molecule has 202 valence electrons. The number of fused-ring (bicyclic) bond motifs is 1. The van der Waals surface area contributed by atoms with Gasteiger partial charge in [0.25, 0.3) is 0 Å². The third-order valence-corrected chi connectivity index (χ3v) is 7.44. The fourth-order valence-corrected chi connectivity index (χ4v) is 4.93. The van der Waals surface area contributed by atoms with Gasteiger partial charge in [-0.1, -0.05) is 5.21 Å². The lowest BCUT2D eigenvalue weighted by atomic mass is 10.0. The smallest absolute Gasteiger partial charge is 0.366 e. The van der Waals surface area contributed by atoms with E-state index >= 15 is 0 Å². The van der Waals surface area contributed by atoms with Gasteiger partial charge in [-0.3, -0.25) is 14.5 Å². The number of carbonyl (C=O) groups is 2. The van der Waals surface area contributed by atoms with Crippen molar-refractivity contribution in [1.82, 2.24) is 34.8 Å². The summed E-state index contributed by atoms with van der Waals surface area (Å²) in [6, 6.07) is 5.16. The van der Waals surface area contributed by atoms with Gasteiger partial charge >= 0.3 is 6.18 Å². The summed E-state index contributed by atoms with van der Waals surface area (Å²) in [6.07, 6.45) is -0.619. The van der Waals surface area contributed by atoms with Crippen LogP contribution >= 0.6 is 0 Å². The Kier molecular flexibility index (Phi) is 6.90. The number of benzene rings is 1. The number of rotatable bonds is 7. The minimum Gasteiger partial charge on any atom is -0.366 e. The van der Waals surface area contributed by atoms with Crippen LogP contribution in [-0.2, 0) is 17.5 Å². The Morgan fingerprint density at radius 2 is 1.82 bits per heavy atom. The second kappa shape index (κ2) is 10.2. The van der Waals surface area contributed by atoms with Gasteiger partial charge < -0.3 is 15.5 Å². The summed E-state index contributed by atoms with van der Waals surface area (Å²) in [7, 11) is 1.79. The first-order valence-corrected chi connectivity index (χ1v) is 12.4. The molecule has 5 rings (SSSR count). The van der Waals surface area contributed by atoms with Crippen molar-refractivity contribution in [3.05, 3.63) is 41.7 Å². The van der Waals surface area contributed by atoms with Crippen molar-refractivity contribution in [2.24, 2.45) is 5.73 Å². The maximum atomic E-state index is 13.1. The normalized spacial score (nSPS) is 18.9. The van der Waals surface area contributed by atoms with Crippen molar-refractivity contribution >= 4 is 28.8 Å². The van der Waals surface area contributed by atoms with Crippen LogP contribution in [0.15, 0.2) is 30.6 Å². The highest BCUT2D eigenvalue weighted by Crippen LogP contribution is 2.29. The Morgan fingerprint density at radius 3 is 2.42 bits per heavy atom. The first-order chi connectivity index (χ1) is 18.1. The number of halogens is 3. The molecule has 0 aliphatic carbocycles. The summed E-state index contributed by atoms with van der Waals surface area (Å²) in [5, 5.41) is 8.36. The minimum atomic E-state index is -4.47. The molecule has 3 aromatic rings. The first-order valence-electron chi connectivity index (χ1n) is 12.4. The van der Waals surface area contributed by atoms with Crippen LogP contribution < -0.4 is 10.6 Å². The quantitative estimate of drug-likeness (QED) is 0.487. The molecule has 38 heavy (non-hydrogen) atoms. The second-order valence-electron chi connectivity index (χ2n) is 9.74. The molecule has 1 aromatic carbocycles. The summed E-state index contributed by atoms with van der Waals surface area (Å²) in [4.78, 5) is 38.1. The Balaban J connectivity index is 1.13. The van der Waals surface area contributed by atoms with E-state index in [-0.39, 0.29) is 30.5 Å². The molecule has 2 fully saturated rings. The largest absolute Gasteiger partial charge is 0.419 e. The van der Waals surface area contributed by atoms with Crippen LogP contribution in [0.2, 0.25) is 0 Å². The monoisotopic (exact) mass is 531 g/mol. The number of anilines is 1. The lowest BCUT2D eigenvalue weighted by Gasteiger charge is -2.42. The van der Waals surface area contributed by atoms with Crippen LogP contribution in [0.1, 0.15) is 35.2 Å². The van der Waals surface area contributed by atoms with E-state index in [0.29, 0.717) is 43.6 Å². The number of alkyl halides is 3. The Bertz CT molecular complexity index is 1320. The summed E-state index contributed by atoms with van der Waals surface area (Å²) < 4.78 is 40.0. The van der Waals surface area contributed by atoms with E-state index in [4.69, 9.17) is 5.73 Å². The fraction of sp³-hybridized carbons (Fsp3) is 0.500. The maximum absolute atomic E-state index is 13.1. The summed E-state index contributed by atoms with van der Waals surface area (Å²) in [5.74, 6) is -0.243. The molecule has 14 heteroatoms. The molecule has 2 amide bonds. The van der Waals surface area contributed by atoms with Gasteiger partial charge in [-0.05, 0) is 37.5 Å². The molecule has 2 N–H and O–H groups in total. The van der Waals surface area contributed by atoms with Gasteiger partial charge in [-0.15, -0.1) is 5.10 Å². The van der Waals surface area contributed by atoms with Crippen molar-refractivity contribution in [3.8, 4) is 0 Å². The van der Waals surface area contributed by atoms with Crippen molar-refractivity contribution < 1.29 is 22.8 Å². The highest BCUT2D eigenvalue weighted by Gasteiger charge is 2.34. The SMILES string of the molecule is CN(C(=O)CN1CCC1Cn1nnc2ccc(C(N)=O)cc21)C1CCN(c2ncc(C(F)(F)F)cn2)CC1. The Hall–Kier alpha value is -3.81. The second-order valence-corrected chi connectivity index (χ2v) is 9.74. The fourth-order valence-electron chi connectivity index (χ4n) is 4.93. The standard InChI is InChI=1S/C24H28F3N9O2/c1-33(17-4-7-34(8-5-17)23-29-11-16(12-30-23)24(25,26)27)21(37)14-35-9-6-18(35)13-36-20-10-15(22(28)38)2-3-19(20)31-32-36/h2-3,10-12,17-18H,4-9,13-14H2,1H3,(H2,28,38). The van der Waals surface area contributed by atoms with Gasteiger partial charge in [0.2, 0.25) is 17.8 Å². The Labute approximate surface area is 216 Å². The third-order valence-electron chi connectivity index (χ3n) is 7.44. The predicted molar refractivity (Wildman–Crippen MR) is 131 cm³/mol. The highest BCUT2D eigenvalue weighted by atomic mass is 19.4. The van der Waals surface area contributed by atoms with Crippen molar-refractivity contribution in [2.45, 2.75) is 44.1 Å². The number of amides is 2. The molecule has 0 spiro atoms. The predicted octanol–water partition coefficient (Wildman–Crippen LogP) is 1.54. The molecule has 0 saturated carbocycles. The van der Waals surface area contributed by atoms with Crippen molar-refractivity contribution in [1.29, 1.82) is 0 Å². The average Bonchev–Trinajstić information content (AvgIpc) is 3.31. The molecule has 0 bridgehead atoms. The van der Waals surface area contributed by atoms with Crippen molar-refractivity contribution in [3.63, 3.8) is 0 Å². The van der Waals surface area contributed by atoms with Gasteiger partial charge in [0, 0.05) is 56.7 Å². The summed E-state index contributed by atoms with van der Waals surface area (Å²) in [5.41, 5.74) is 6.31.